The lowest BCUT2D eigenvalue weighted by Crippen LogP contribution is -2.33. The maximum atomic E-state index is 12.0. The van der Waals surface area contributed by atoms with Crippen LogP contribution < -0.4 is 10.2 Å². The summed E-state index contributed by atoms with van der Waals surface area (Å²) in [4.78, 5) is 17.9. The van der Waals surface area contributed by atoms with Gasteiger partial charge in [-0.1, -0.05) is 41.4 Å². The van der Waals surface area contributed by atoms with Crippen LogP contribution in [0.2, 0.25) is 10.2 Å². The van der Waals surface area contributed by atoms with E-state index in [2.05, 4.69) is 15.2 Å². The zero-order chi connectivity index (χ0) is 15.2. The summed E-state index contributed by atoms with van der Waals surface area (Å²) < 4.78 is 0. The second kappa shape index (κ2) is 7.29. The molecular formula is C15H15Cl2N3O. The summed E-state index contributed by atoms with van der Waals surface area (Å²) in [5.74, 6) is -0.259. The third-order valence-corrected chi connectivity index (χ3v) is 3.50. The fourth-order valence-electron chi connectivity index (χ4n) is 1.83. The Bertz CT molecular complexity index is 620. The molecule has 0 fully saturated rings. The van der Waals surface area contributed by atoms with E-state index in [-0.39, 0.29) is 16.1 Å². The van der Waals surface area contributed by atoms with Crippen LogP contribution in [0.3, 0.4) is 0 Å². The molecule has 0 radical (unpaired) electrons. The molecule has 1 aromatic heterocycles. The lowest BCUT2D eigenvalue weighted by atomic mass is 10.2. The first kappa shape index (κ1) is 15.6. The summed E-state index contributed by atoms with van der Waals surface area (Å²) >= 11 is 11.7. The fraction of sp³-hybridized carbons (Fsp3) is 0.200. The zero-order valence-electron chi connectivity index (χ0n) is 11.5. The van der Waals surface area contributed by atoms with Crippen molar-refractivity contribution in [3.05, 3.63) is 58.3 Å². The van der Waals surface area contributed by atoms with Crippen LogP contribution >= 0.6 is 23.2 Å². The number of nitrogens with zero attached hydrogens (tertiary/aromatic N) is 2. The predicted molar refractivity (Wildman–Crippen MR) is 86.3 cm³/mol. The van der Waals surface area contributed by atoms with E-state index in [4.69, 9.17) is 23.2 Å². The molecule has 0 saturated carbocycles. The molecule has 21 heavy (non-hydrogen) atoms. The molecule has 0 aliphatic carbocycles. The van der Waals surface area contributed by atoms with Crippen molar-refractivity contribution in [3.8, 4) is 0 Å². The largest absolute Gasteiger partial charge is 0.373 e. The molecule has 6 heteroatoms. The van der Waals surface area contributed by atoms with Crippen molar-refractivity contribution in [2.24, 2.45) is 0 Å². The first-order valence-corrected chi connectivity index (χ1v) is 7.19. The number of hydrogen-bond donors (Lipinski definition) is 1. The Kier molecular flexibility index (Phi) is 5.42. The number of hydrogen-bond acceptors (Lipinski definition) is 3. The number of nitrogens with one attached hydrogen (secondary N) is 1. The van der Waals surface area contributed by atoms with Gasteiger partial charge in [0, 0.05) is 32.0 Å². The summed E-state index contributed by atoms with van der Waals surface area (Å²) in [6.07, 6.45) is 1.37. The van der Waals surface area contributed by atoms with Crippen molar-refractivity contribution in [2.75, 3.05) is 25.0 Å². The summed E-state index contributed by atoms with van der Waals surface area (Å²) in [6, 6.07) is 11.4. The maximum Gasteiger partial charge on any atom is 0.253 e. The SMILES string of the molecule is CN(CCNC(=O)c1cc(Cl)ncc1Cl)c1ccccc1. The minimum Gasteiger partial charge on any atom is -0.373 e. The minimum absolute atomic E-state index is 0.242. The number of amides is 1. The number of para-hydroxylation sites is 1. The van der Waals surface area contributed by atoms with Crippen LogP contribution in [0.1, 0.15) is 10.4 Å². The summed E-state index contributed by atoms with van der Waals surface area (Å²) in [5, 5.41) is 3.34. The first-order chi connectivity index (χ1) is 10.1. The van der Waals surface area contributed by atoms with Gasteiger partial charge in [0.2, 0.25) is 0 Å². The normalized spacial score (nSPS) is 10.2. The van der Waals surface area contributed by atoms with Crippen molar-refractivity contribution in [2.45, 2.75) is 0 Å². The molecule has 1 N–H and O–H groups in total. The highest BCUT2D eigenvalue weighted by Gasteiger charge is 2.11. The lowest BCUT2D eigenvalue weighted by Gasteiger charge is -2.19. The number of benzene rings is 1. The van der Waals surface area contributed by atoms with E-state index in [1.807, 2.05) is 37.4 Å². The number of rotatable bonds is 5. The van der Waals surface area contributed by atoms with Crippen LogP contribution in [0.15, 0.2) is 42.6 Å². The van der Waals surface area contributed by atoms with Crippen LogP contribution in [0.5, 0.6) is 0 Å². The smallest absolute Gasteiger partial charge is 0.253 e. The number of anilines is 1. The Morgan fingerprint density at radius 2 is 2.00 bits per heavy atom. The standard InChI is InChI=1S/C15H15Cl2N3O/c1-20(11-5-3-2-4-6-11)8-7-18-15(21)12-9-14(17)19-10-13(12)16/h2-6,9-10H,7-8H2,1H3,(H,18,21). The molecule has 0 aliphatic heterocycles. The fourth-order valence-corrected chi connectivity index (χ4v) is 2.18. The molecule has 1 heterocycles. The van der Waals surface area contributed by atoms with Gasteiger partial charge in [-0.05, 0) is 18.2 Å². The Labute approximate surface area is 133 Å². The van der Waals surface area contributed by atoms with Gasteiger partial charge in [0.25, 0.3) is 5.91 Å². The van der Waals surface area contributed by atoms with Crippen molar-refractivity contribution in [3.63, 3.8) is 0 Å². The van der Waals surface area contributed by atoms with E-state index >= 15 is 0 Å². The molecule has 2 rings (SSSR count). The van der Waals surface area contributed by atoms with E-state index in [0.29, 0.717) is 18.7 Å². The molecule has 0 aliphatic rings. The monoisotopic (exact) mass is 323 g/mol. The topological polar surface area (TPSA) is 45.2 Å². The Hall–Kier alpha value is -1.78. The second-order valence-corrected chi connectivity index (χ2v) is 5.29. The van der Waals surface area contributed by atoms with Gasteiger partial charge < -0.3 is 10.2 Å². The number of pyridine rings is 1. The molecule has 0 saturated heterocycles. The van der Waals surface area contributed by atoms with Crippen molar-refractivity contribution in [1.82, 2.24) is 10.3 Å². The van der Waals surface area contributed by atoms with Crippen molar-refractivity contribution >= 4 is 34.8 Å². The first-order valence-electron chi connectivity index (χ1n) is 6.43. The predicted octanol–water partition coefficient (Wildman–Crippen LogP) is 3.25. The lowest BCUT2D eigenvalue weighted by molar-refractivity contribution is 0.0955. The van der Waals surface area contributed by atoms with Crippen LogP contribution in [0.25, 0.3) is 0 Å². The van der Waals surface area contributed by atoms with Gasteiger partial charge >= 0.3 is 0 Å². The van der Waals surface area contributed by atoms with E-state index < -0.39 is 0 Å². The molecule has 0 atom stereocenters. The highest BCUT2D eigenvalue weighted by molar-refractivity contribution is 6.35. The van der Waals surface area contributed by atoms with E-state index in [9.17, 15) is 4.79 Å². The maximum absolute atomic E-state index is 12.0. The van der Waals surface area contributed by atoms with Crippen LogP contribution in [-0.2, 0) is 0 Å². The average molecular weight is 324 g/mol. The van der Waals surface area contributed by atoms with Gasteiger partial charge in [-0.25, -0.2) is 4.98 Å². The highest BCUT2D eigenvalue weighted by Crippen LogP contribution is 2.17. The minimum atomic E-state index is -0.259. The third kappa shape index (κ3) is 4.34. The third-order valence-electron chi connectivity index (χ3n) is 3.00. The van der Waals surface area contributed by atoms with Crippen LogP contribution in [0, 0.1) is 0 Å². The zero-order valence-corrected chi connectivity index (χ0v) is 13.0. The van der Waals surface area contributed by atoms with Crippen molar-refractivity contribution in [1.29, 1.82) is 0 Å². The highest BCUT2D eigenvalue weighted by atomic mass is 35.5. The Morgan fingerprint density at radius 1 is 1.29 bits per heavy atom. The van der Waals surface area contributed by atoms with Gasteiger partial charge in [-0.2, -0.15) is 0 Å². The molecule has 4 nitrogen and oxygen atoms in total. The molecule has 1 aromatic carbocycles. The summed E-state index contributed by atoms with van der Waals surface area (Å²) in [7, 11) is 1.97. The second-order valence-electron chi connectivity index (χ2n) is 4.50. The van der Waals surface area contributed by atoms with Gasteiger partial charge in [-0.3, -0.25) is 4.79 Å². The van der Waals surface area contributed by atoms with Gasteiger partial charge in [0.1, 0.15) is 5.15 Å². The molecule has 0 bridgehead atoms. The quantitative estimate of drug-likeness (QED) is 0.859. The van der Waals surface area contributed by atoms with Gasteiger partial charge in [-0.15, -0.1) is 0 Å². The molecule has 2 aromatic rings. The van der Waals surface area contributed by atoms with E-state index in [1.165, 1.54) is 12.3 Å². The van der Waals surface area contributed by atoms with Gasteiger partial charge in [0.05, 0.1) is 10.6 Å². The molecule has 0 unspecified atom stereocenters. The average Bonchev–Trinajstić information content (AvgIpc) is 2.50. The van der Waals surface area contributed by atoms with Crippen LogP contribution in [0.4, 0.5) is 5.69 Å². The summed E-state index contributed by atoms with van der Waals surface area (Å²) in [6.45, 7) is 1.19. The molecule has 1 amide bonds. The molecule has 110 valence electrons. The van der Waals surface area contributed by atoms with E-state index in [1.54, 1.807) is 0 Å². The molecule has 0 spiro atoms. The number of carbonyl (C=O) groups excluding carboxylic acids is 1. The Balaban J connectivity index is 1.88. The number of carbonyl (C=O) groups is 1. The van der Waals surface area contributed by atoms with E-state index in [0.717, 1.165) is 5.69 Å². The number of halogens is 2. The molecular weight excluding hydrogens is 309 g/mol. The summed E-state index contributed by atoms with van der Waals surface area (Å²) in [5.41, 5.74) is 1.43. The number of likely N-dealkylation sites (N-methyl/N-ethyl adjacent to an activating group) is 1. The van der Waals surface area contributed by atoms with Crippen molar-refractivity contribution < 1.29 is 4.79 Å². The van der Waals surface area contributed by atoms with Gasteiger partial charge in [0.15, 0.2) is 0 Å². The Morgan fingerprint density at radius 3 is 2.71 bits per heavy atom. The van der Waals surface area contributed by atoms with Crippen LogP contribution in [-0.4, -0.2) is 31.0 Å². The number of aromatic nitrogens is 1.